The summed E-state index contributed by atoms with van der Waals surface area (Å²) in [5.74, 6) is 0.149. The second-order valence-electron chi connectivity index (χ2n) is 8.98. The number of ketones is 1. The van der Waals surface area contributed by atoms with Gasteiger partial charge >= 0.3 is 7.12 Å². The van der Waals surface area contributed by atoms with Crippen molar-refractivity contribution in [2.45, 2.75) is 18.3 Å². The van der Waals surface area contributed by atoms with Crippen LogP contribution in [0.1, 0.15) is 33.5 Å². The summed E-state index contributed by atoms with van der Waals surface area (Å²) in [4.78, 5) is 11.9. The van der Waals surface area contributed by atoms with Crippen LogP contribution in [0.2, 0.25) is 6.32 Å². The van der Waals surface area contributed by atoms with Gasteiger partial charge in [-0.2, -0.15) is 0 Å². The van der Waals surface area contributed by atoms with E-state index in [1.54, 1.807) is 0 Å². The number of rotatable bonds is 4. The summed E-state index contributed by atoms with van der Waals surface area (Å²) in [7, 11) is -1.22. The van der Waals surface area contributed by atoms with Gasteiger partial charge in [-0.25, -0.2) is 0 Å². The Morgan fingerprint density at radius 3 is 1.38 bits per heavy atom. The average molecular weight is 487 g/mol. The van der Waals surface area contributed by atoms with Crippen molar-refractivity contribution in [1.82, 2.24) is 0 Å². The molecule has 0 bridgehead atoms. The second-order valence-corrected chi connectivity index (χ2v) is 8.98. The molecule has 0 fully saturated rings. The molecule has 0 atom stereocenters. The maximum atomic E-state index is 11.9. The summed E-state index contributed by atoms with van der Waals surface area (Å²) >= 11 is 0. The number of carbonyl (C=O) groups excluding carboxylic acids is 1. The summed E-state index contributed by atoms with van der Waals surface area (Å²) in [6.07, 6.45) is 4.37. The lowest BCUT2D eigenvalue weighted by molar-refractivity contribution is 0.104. The maximum Gasteiger partial charge on any atom is 0.455 e. The fourth-order valence-electron chi connectivity index (χ4n) is 4.93. The molecule has 37 heavy (non-hydrogen) atoms. The van der Waals surface area contributed by atoms with Crippen molar-refractivity contribution in [2.75, 3.05) is 0 Å². The number of benzene rings is 4. The third-order valence-electron chi connectivity index (χ3n) is 6.58. The normalized spacial score (nSPS) is 12.9. The summed E-state index contributed by atoms with van der Waals surface area (Å²) in [6.45, 7) is 7.12. The first kappa shape index (κ1) is 26.0. The predicted molar refractivity (Wildman–Crippen MR) is 152 cm³/mol. The Balaban J connectivity index is 0.000000145. The number of fused-ring (bicyclic) bond motifs is 6. The van der Waals surface area contributed by atoms with Gasteiger partial charge in [-0.3, -0.25) is 4.79 Å². The van der Waals surface area contributed by atoms with Gasteiger partial charge in [0, 0.05) is 11.1 Å². The van der Waals surface area contributed by atoms with E-state index in [9.17, 15) is 4.79 Å². The summed E-state index contributed by atoms with van der Waals surface area (Å²) < 4.78 is 0. The highest BCUT2D eigenvalue weighted by Gasteiger charge is 2.38. The van der Waals surface area contributed by atoms with E-state index in [2.05, 4.69) is 61.7 Å². The van der Waals surface area contributed by atoms with E-state index in [1.165, 1.54) is 28.3 Å². The zero-order chi connectivity index (χ0) is 26.4. The van der Waals surface area contributed by atoms with E-state index < -0.39 is 12.7 Å². The molecule has 0 aromatic heterocycles. The first-order chi connectivity index (χ1) is 17.9. The summed E-state index contributed by atoms with van der Waals surface area (Å²) in [5, 5.41) is 16.1. The lowest BCUT2D eigenvalue weighted by atomic mass is 9.85. The first-order valence-electron chi connectivity index (χ1n) is 12.2. The van der Waals surface area contributed by atoms with Crippen LogP contribution in [0.4, 0.5) is 0 Å². The van der Waals surface area contributed by atoms with Crippen molar-refractivity contribution >= 4 is 12.9 Å². The quantitative estimate of drug-likeness (QED) is 0.215. The molecule has 4 N–H and O–H groups in total. The number of hydrogen-bond donors (Lipinski definition) is 3. The molecule has 4 aromatic rings. The van der Waals surface area contributed by atoms with E-state index in [4.69, 9.17) is 15.8 Å². The summed E-state index contributed by atoms with van der Waals surface area (Å²) in [5.41, 5.74) is 14.9. The van der Waals surface area contributed by atoms with Gasteiger partial charge in [0.15, 0.2) is 5.78 Å². The predicted octanol–water partition coefficient (Wildman–Crippen LogP) is 5.99. The average Bonchev–Trinajstić information content (AvgIpc) is 3.35. The van der Waals surface area contributed by atoms with Crippen molar-refractivity contribution in [1.29, 1.82) is 0 Å². The van der Waals surface area contributed by atoms with Crippen LogP contribution in [-0.4, -0.2) is 22.9 Å². The highest BCUT2D eigenvalue weighted by atomic mass is 16.4. The molecule has 0 saturated heterocycles. The topological polar surface area (TPSA) is 83.6 Å². The Morgan fingerprint density at radius 1 is 0.649 bits per heavy atom. The van der Waals surface area contributed by atoms with Gasteiger partial charge in [-0.15, -0.1) is 13.2 Å². The van der Waals surface area contributed by atoms with Crippen molar-refractivity contribution in [3.63, 3.8) is 0 Å². The second kappa shape index (κ2) is 11.4. The van der Waals surface area contributed by atoms with E-state index >= 15 is 0 Å². The molecule has 5 heteroatoms. The standard InChI is InChI=1S/C16H15N.C13H8O.C3H7BO2/c1-2-11-16(17)14-9-5-3-7-12(14)13-8-4-6-10-15(13)16;14-13-11-7-3-1-5-9(11)10-6-2-4-8-12(10)13;1-2-3-4(5)6/h2-10H,1,11,17H2;1-8H;2,5-6H,1,3H2. The Morgan fingerprint density at radius 2 is 1.03 bits per heavy atom. The maximum absolute atomic E-state index is 11.9. The van der Waals surface area contributed by atoms with Crippen LogP contribution < -0.4 is 5.73 Å². The molecule has 6 rings (SSSR count). The largest absolute Gasteiger partial charge is 0.455 e. The lowest BCUT2D eigenvalue weighted by Crippen LogP contribution is -2.35. The van der Waals surface area contributed by atoms with E-state index in [1.807, 2.05) is 54.6 Å². The molecule has 0 aliphatic heterocycles. The molecule has 4 nitrogen and oxygen atoms in total. The van der Waals surface area contributed by atoms with E-state index in [0.29, 0.717) is 0 Å². The fraction of sp³-hybridized carbons (Fsp3) is 0.0938. The fourth-order valence-corrected chi connectivity index (χ4v) is 4.93. The van der Waals surface area contributed by atoms with Gasteiger partial charge in [-0.1, -0.05) is 109 Å². The van der Waals surface area contributed by atoms with Crippen LogP contribution in [0.3, 0.4) is 0 Å². The Kier molecular flexibility index (Phi) is 8.00. The van der Waals surface area contributed by atoms with Crippen LogP contribution in [0, 0.1) is 0 Å². The minimum Gasteiger partial charge on any atom is -0.427 e. The molecule has 0 radical (unpaired) electrons. The minimum atomic E-state index is -1.22. The van der Waals surface area contributed by atoms with Gasteiger partial charge in [0.1, 0.15) is 0 Å². The molecule has 0 saturated carbocycles. The molecular weight excluding hydrogens is 457 g/mol. The van der Waals surface area contributed by atoms with Crippen molar-refractivity contribution < 1.29 is 14.8 Å². The highest BCUT2D eigenvalue weighted by molar-refractivity contribution is 6.41. The lowest BCUT2D eigenvalue weighted by Gasteiger charge is -2.25. The van der Waals surface area contributed by atoms with E-state index in [0.717, 1.165) is 28.7 Å². The number of carbonyl (C=O) groups is 1. The molecule has 184 valence electrons. The van der Waals surface area contributed by atoms with Gasteiger partial charge in [-0.05, 0) is 46.1 Å². The molecule has 0 unspecified atom stereocenters. The van der Waals surface area contributed by atoms with Crippen LogP contribution in [0.5, 0.6) is 0 Å². The third kappa shape index (κ3) is 5.11. The first-order valence-corrected chi connectivity index (χ1v) is 12.2. The van der Waals surface area contributed by atoms with E-state index in [-0.39, 0.29) is 12.1 Å². The number of nitrogens with two attached hydrogens (primary N) is 1. The zero-order valence-electron chi connectivity index (χ0n) is 20.7. The number of allylic oxidation sites excluding steroid dienone is 1. The van der Waals surface area contributed by atoms with Crippen LogP contribution >= 0.6 is 0 Å². The van der Waals surface area contributed by atoms with Crippen molar-refractivity contribution in [3.8, 4) is 22.3 Å². The Hall–Kier alpha value is -4.03. The minimum absolute atomic E-state index is 0.149. The van der Waals surface area contributed by atoms with Crippen molar-refractivity contribution in [2.24, 2.45) is 5.73 Å². The smallest absolute Gasteiger partial charge is 0.427 e. The Labute approximate surface area is 218 Å². The number of hydrogen-bond acceptors (Lipinski definition) is 4. The molecule has 4 aromatic carbocycles. The zero-order valence-corrected chi connectivity index (χ0v) is 20.7. The van der Waals surface area contributed by atoms with Gasteiger partial charge in [0.25, 0.3) is 0 Å². The van der Waals surface area contributed by atoms with Gasteiger partial charge in [0.2, 0.25) is 0 Å². The van der Waals surface area contributed by atoms with Crippen LogP contribution in [0.15, 0.2) is 122 Å². The van der Waals surface area contributed by atoms with Crippen LogP contribution in [-0.2, 0) is 5.54 Å². The molecule has 0 amide bonds. The summed E-state index contributed by atoms with van der Waals surface area (Å²) in [6, 6.07) is 32.3. The van der Waals surface area contributed by atoms with Gasteiger partial charge in [0.05, 0.1) is 5.54 Å². The monoisotopic (exact) mass is 487 g/mol. The SMILES string of the molecule is C=CCB(O)O.C=CCC1(N)c2ccccc2-c2ccccc21.O=C1c2ccccc2-c2ccccc21. The van der Waals surface area contributed by atoms with Crippen molar-refractivity contribution in [3.05, 3.63) is 145 Å². The molecule has 2 aliphatic rings. The molecular formula is C32H30BNO3. The highest BCUT2D eigenvalue weighted by Crippen LogP contribution is 2.47. The molecule has 2 aliphatic carbocycles. The van der Waals surface area contributed by atoms with Crippen LogP contribution in [0.25, 0.3) is 22.3 Å². The third-order valence-corrected chi connectivity index (χ3v) is 6.58. The molecule has 0 spiro atoms. The van der Waals surface area contributed by atoms with Gasteiger partial charge < -0.3 is 15.8 Å². The Bertz CT molecular complexity index is 1350. The molecule has 0 heterocycles.